The lowest BCUT2D eigenvalue weighted by molar-refractivity contribution is -0.134. The first kappa shape index (κ1) is 13.4. The molecule has 0 aromatic heterocycles. The summed E-state index contributed by atoms with van der Waals surface area (Å²) in [6.07, 6.45) is 0. The summed E-state index contributed by atoms with van der Waals surface area (Å²) < 4.78 is 39.2. The molecule has 2 amide bonds. The van der Waals surface area contributed by atoms with Crippen LogP contribution in [0.4, 0.5) is 18.9 Å². The fourth-order valence-electron chi connectivity index (χ4n) is 1.90. The molecule has 102 valence electrons. The number of anilines is 1. The molecule has 19 heavy (non-hydrogen) atoms. The van der Waals surface area contributed by atoms with Gasteiger partial charge in [-0.25, -0.2) is 13.2 Å². The number of carbonyl (C=O) groups excluding carboxylic acids is 2. The maximum Gasteiger partial charge on any atom is 0.252 e. The van der Waals surface area contributed by atoms with Gasteiger partial charge in [-0.1, -0.05) is 0 Å². The normalized spacial score (nSPS) is 18.5. The SMILES string of the molecule is CC1(C)NC(=O)CN(c2cc(F)c(F)c(F)c2)C1=O. The van der Waals surface area contributed by atoms with Crippen LogP contribution in [0.25, 0.3) is 0 Å². The molecular weight excluding hydrogens is 261 g/mol. The maximum atomic E-state index is 13.2. The second kappa shape index (κ2) is 4.25. The molecule has 1 aromatic carbocycles. The van der Waals surface area contributed by atoms with Crippen LogP contribution in [0, 0.1) is 17.5 Å². The van der Waals surface area contributed by atoms with Gasteiger partial charge in [-0.3, -0.25) is 9.59 Å². The molecule has 0 bridgehead atoms. The van der Waals surface area contributed by atoms with Crippen LogP contribution in [0.3, 0.4) is 0 Å². The smallest absolute Gasteiger partial charge is 0.252 e. The standard InChI is InChI=1S/C12H11F3N2O2/c1-12(2)11(19)17(5-9(18)16-12)6-3-7(13)10(15)8(14)4-6/h3-4H,5H2,1-2H3,(H,16,18). The van der Waals surface area contributed by atoms with E-state index in [-0.39, 0.29) is 12.2 Å². The highest BCUT2D eigenvalue weighted by atomic mass is 19.2. The van der Waals surface area contributed by atoms with Crippen LogP contribution in [-0.4, -0.2) is 23.9 Å². The van der Waals surface area contributed by atoms with E-state index in [1.165, 1.54) is 13.8 Å². The summed E-state index contributed by atoms with van der Waals surface area (Å²) in [7, 11) is 0. The van der Waals surface area contributed by atoms with E-state index >= 15 is 0 Å². The molecule has 2 rings (SSSR count). The molecule has 0 radical (unpaired) electrons. The molecular formula is C12H11F3N2O2. The van der Waals surface area contributed by atoms with Crippen LogP contribution in [0.2, 0.25) is 0 Å². The second-order valence-electron chi connectivity index (χ2n) is 4.79. The molecule has 0 aliphatic carbocycles. The fraction of sp³-hybridized carbons (Fsp3) is 0.333. The Morgan fingerprint density at radius 1 is 1.16 bits per heavy atom. The van der Waals surface area contributed by atoms with Crippen molar-refractivity contribution in [1.82, 2.24) is 5.32 Å². The van der Waals surface area contributed by atoms with Crippen molar-refractivity contribution in [2.24, 2.45) is 0 Å². The third-order valence-electron chi connectivity index (χ3n) is 2.81. The van der Waals surface area contributed by atoms with Crippen LogP contribution in [-0.2, 0) is 9.59 Å². The zero-order chi connectivity index (χ0) is 14.4. The van der Waals surface area contributed by atoms with Crippen molar-refractivity contribution in [2.75, 3.05) is 11.4 Å². The number of nitrogens with zero attached hydrogens (tertiary/aromatic N) is 1. The van der Waals surface area contributed by atoms with Gasteiger partial charge in [0.1, 0.15) is 12.1 Å². The van der Waals surface area contributed by atoms with Gasteiger partial charge in [0.05, 0.1) is 5.69 Å². The molecule has 0 atom stereocenters. The van der Waals surface area contributed by atoms with Crippen molar-refractivity contribution in [1.29, 1.82) is 0 Å². The maximum absolute atomic E-state index is 13.2. The molecule has 1 aliphatic heterocycles. The van der Waals surface area contributed by atoms with E-state index in [4.69, 9.17) is 0 Å². The molecule has 1 heterocycles. The molecule has 0 unspecified atom stereocenters. The van der Waals surface area contributed by atoms with Crippen LogP contribution in [0.15, 0.2) is 12.1 Å². The van der Waals surface area contributed by atoms with Crippen LogP contribution < -0.4 is 10.2 Å². The van der Waals surface area contributed by atoms with Gasteiger partial charge in [-0.15, -0.1) is 0 Å². The average molecular weight is 272 g/mol. The summed E-state index contributed by atoms with van der Waals surface area (Å²) in [5, 5.41) is 2.45. The van der Waals surface area contributed by atoms with E-state index in [1.54, 1.807) is 0 Å². The zero-order valence-electron chi connectivity index (χ0n) is 10.3. The third-order valence-corrected chi connectivity index (χ3v) is 2.81. The Morgan fingerprint density at radius 3 is 2.21 bits per heavy atom. The van der Waals surface area contributed by atoms with Crippen LogP contribution in [0.5, 0.6) is 0 Å². The van der Waals surface area contributed by atoms with E-state index in [9.17, 15) is 22.8 Å². The third kappa shape index (κ3) is 2.27. The van der Waals surface area contributed by atoms with Crippen LogP contribution >= 0.6 is 0 Å². The Bertz CT molecular complexity index is 549. The number of rotatable bonds is 1. The number of carbonyl (C=O) groups is 2. The average Bonchev–Trinajstić information content (AvgIpc) is 2.29. The van der Waals surface area contributed by atoms with Gasteiger partial charge in [0.15, 0.2) is 17.5 Å². The van der Waals surface area contributed by atoms with Gasteiger partial charge in [0.2, 0.25) is 5.91 Å². The largest absolute Gasteiger partial charge is 0.341 e. The Labute approximate surface area is 107 Å². The summed E-state index contributed by atoms with van der Waals surface area (Å²) in [5.41, 5.74) is -1.37. The first-order valence-corrected chi connectivity index (χ1v) is 5.50. The molecule has 7 heteroatoms. The summed E-state index contributed by atoms with van der Waals surface area (Å²) in [6, 6.07) is 1.37. The van der Waals surface area contributed by atoms with Crippen molar-refractivity contribution in [3.63, 3.8) is 0 Å². The predicted molar refractivity (Wildman–Crippen MR) is 60.9 cm³/mol. The lowest BCUT2D eigenvalue weighted by atomic mass is 10.00. The lowest BCUT2D eigenvalue weighted by Gasteiger charge is -2.37. The molecule has 0 saturated carbocycles. The van der Waals surface area contributed by atoms with Gasteiger partial charge in [-0.05, 0) is 13.8 Å². The minimum Gasteiger partial charge on any atom is -0.341 e. The number of amides is 2. The Hall–Kier alpha value is -2.05. The van der Waals surface area contributed by atoms with Crippen molar-refractivity contribution in [3.8, 4) is 0 Å². The molecule has 0 spiro atoms. The van der Waals surface area contributed by atoms with Crippen molar-refractivity contribution >= 4 is 17.5 Å². The number of nitrogens with one attached hydrogen (secondary N) is 1. The molecule has 1 fully saturated rings. The van der Waals surface area contributed by atoms with Crippen LogP contribution in [0.1, 0.15) is 13.8 Å². The first-order chi connectivity index (χ1) is 8.72. The van der Waals surface area contributed by atoms with Gasteiger partial charge in [0.25, 0.3) is 5.91 Å². The zero-order valence-corrected chi connectivity index (χ0v) is 10.3. The minimum atomic E-state index is -1.61. The fourth-order valence-corrected chi connectivity index (χ4v) is 1.90. The molecule has 1 N–H and O–H groups in total. The quantitative estimate of drug-likeness (QED) is 0.784. The van der Waals surface area contributed by atoms with Crippen molar-refractivity contribution in [2.45, 2.75) is 19.4 Å². The van der Waals surface area contributed by atoms with Gasteiger partial charge < -0.3 is 10.2 Å². The molecule has 1 aliphatic rings. The molecule has 1 saturated heterocycles. The Kier molecular flexibility index (Phi) is 3.00. The summed E-state index contributed by atoms with van der Waals surface area (Å²) in [4.78, 5) is 24.5. The van der Waals surface area contributed by atoms with Crippen molar-refractivity contribution < 1.29 is 22.8 Å². The highest BCUT2D eigenvalue weighted by Gasteiger charge is 2.40. The number of hydrogen-bond acceptors (Lipinski definition) is 2. The van der Waals surface area contributed by atoms with Crippen molar-refractivity contribution in [3.05, 3.63) is 29.6 Å². The number of piperazine rings is 1. The second-order valence-corrected chi connectivity index (χ2v) is 4.79. The minimum absolute atomic E-state index is 0.190. The van der Waals surface area contributed by atoms with E-state index in [2.05, 4.69) is 5.32 Å². The summed E-state index contributed by atoms with van der Waals surface area (Å²) >= 11 is 0. The number of hydrogen-bond donors (Lipinski definition) is 1. The van der Waals surface area contributed by atoms with E-state index in [1.807, 2.05) is 0 Å². The predicted octanol–water partition coefficient (Wildman–Crippen LogP) is 1.35. The lowest BCUT2D eigenvalue weighted by Crippen LogP contribution is -2.64. The molecule has 1 aromatic rings. The van der Waals surface area contributed by atoms with Gasteiger partial charge in [0, 0.05) is 12.1 Å². The van der Waals surface area contributed by atoms with Gasteiger partial charge >= 0.3 is 0 Å². The van der Waals surface area contributed by atoms with E-state index in [0.29, 0.717) is 12.1 Å². The number of halogens is 3. The summed E-state index contributed by atoms with van der Waals surface area (Å²) in [6.45, 7) is 2.57. The Morgan fingerprint density at radius 2 is 1.68 bits per heavy atom. The summed E-state index contributed by atoms with van der Waals surface area (Å²) in [5.74, 6) is -5.43. The Balaban J connectivity index is 2.46. The first-order valence-electron chi connectivity index (χ1n) is 5.50. The van der Waals surface area contributed by atoms with E-state index < -0.39 is 34.8 Å². The topological polar surface area (TPSA) is 49.4 Å². The van der Waals surface area contributed by atoms with E-state index in [0.717, 1.165) is 4.90 Å². The molecule has 4 nitrogen and oxygen atoms in total. The monoisotopic (exact) mass is 272 g/mol. The number of benzene rings is 1. The highest BCUT2D eigenvalue weighted by Crippen LogP contribution is 2.25. The van der Waals surface area contributed by atoms with Gasteiger partial charge in [-0.2, -0.15) is 0 Å². The highest BCUT2D eigenvalue weighted by molar-refractivity contribution is 6.08.